The number of aliphatic hydroxyl groups excluding tert-OH is 1. The Morgan fingerprint density at radius 1 is 1.17 bits per heavy atom. The molecule has 18 heavy (non-hydrogen) atoms. The molecule has 0 saturated carbocycles. The van der Waals surface area contributed by atoms with Crippen LogP contribution in [0.15, 0.2) is 24.3 Å². The second kappa shape index (κ2) is 5.85. The molecule has 0 atom stereocenters. The lowest BCUT2D eigenvalue weighted by atomic mass is 9.83. The monoisotopic (exact) mass is 247 g/mol. The lowest BCUT2D eigenvalue weighted by Gasteiger charge is -2.31. The van der Waals surface area contributed by atoms with E-state index in [-0.39, 0.29) is 12.0 Å². The number of hydrogen-bond acceptors (Lipinski definition) is 2. The first-order chi connectivity index (χ1) is 8.73. The van der Waals surface area contributed by atoms with E-state index < -0.39 is 0 Å². The Balaban J connectivity index is 1.90. The van der Waals surface area contributed by atoms with Crippen molar-refractivity contribution in [3.63, 3.8) is 0 Å². The molecule has 2 heteroatoms. The fourth-order valence-electron chi connectivity index (χ4n) is 2.84. The fraction of sp³-hybridized carbons (Fsp3) is 0.625. The van der Waals surface area contributed by atoms with Crippen molar-refractivity contribution in [2.24, 2.45) is 5.41 Å². The molecule has 0 bridgehead atoms. The molecular formula is C16H25NO. The summed E-state index contributed by atoms with van der Waals surface area (Å²) in [6, 6.07) is 9.26. The van der Waals surface area contributed by atoms with Crippen LogP contribution in [0.1, 0.15) is 37.8 Å². The first kappa shape index (κ1) is 13.6. The van der Waals surface area contributed by atoms with Crippen LogP contribution in [0.3, 0.4) is 0 Å². The average molecular weight is 247 g/mol. The molecule has 2 nitrogen and oxygen atoms in total. The Bertz CT molecular complexity index is 351. The van der Waals surface area contributed by atoms with Crippen LogP contribution in [0.25, 0.3) is 0 Å². The molecule has 0 spiro atoms. The van der Waals surface area contributed by atoms with Crippen molar-refractivity contribution < 1.29 is 5.11 Å². The Morgan fingerprint density at radius 2 is 1.72 bits per heavy atom. The van der Waals surface area contributed by atoms with Gasteiger partial charge in [0.05, 0.1) is 0 Å². The van der Waals surface area contributed by atoms with Crippen molar-refractivity contribution >= 4 is 0 Å². The molecule has 0 aromatic heterocycles. The Kier molecular flexibility index (Phi) is 4.41. The zero-order chi connectivity index (χ0) is 13.0. The smallest absolute Gasteiger partial charge is 0.0499 e. The molecule has 1 aromatic rings. The zero-order valence-corrected chi connectivity index (χ0v) is 11.6. The fourth-order valence-corrected chi connectivity index (χ4v) is 2.84. The number of hydrogen-bond donors (Lipinski definition) is 2. The number of benzene rings is 1. The van der Waals surface area contributed by atoms with Gasteiger partial charge in [-0.3, -0.25) is 0 Å². The summed E-state index contributed by atoms with van der Waals surface area (Å²) in [5, 5.41) is 13.2. The number of fused-ring (bicyclic) bond motifs is 1. The van der Waals surface area contributed by atoms with Crippen LogP contribution in [0, 0.1) is 5.41 Å². The highest BCUT2D eigenvalue weighted by Crippen LogP contribution is 2.26. The first-order valence-corrected chi connectivity index (χ1v) is 7.14. The molecule has 0 aliphatic heterocycles. The van der Waals surface area contributed by atoms with E-state index in [1.165, 1.54) is 11.1 Å². The van der Waals surface area contributed by atoms with Gasteiger partial charge in [-0.05, 0) is 36.8 Å². The van der Waals surface area contributed by atoms with Gasteiger partial charge < -0.3 is 10.4 Å². The number of aliphatic hydroxyl groups is 1. The molecule has 0 radical (unpaired) electrons. The van der Waals surface area contributed by atoms with Crippen molar-refractivity contribution in [2.45, 2.75) is 45.6 Å². The van der Waals surface area contributed by atoms with Crippen molar-refractivity contribution in [1.82, 2.24) is 5.32 Å². The molecule has 0 fully saturated rings. The van der Waals surface area contributed by atoms with Gasteiger partial charge in [0.15, 0.2) is 0 Å². The predicted octanol–water partition coefficient (Wildman–Crippen LogP) is 2.54. The van der Waals surface area contributed by atoms with Crippen LogP contribution in [-0.2, 0) is 12.8 Å². The summed E-state index contributed by atoms with van der Waals surface area (Å²) in [7, 11) is 0. The van der Waals surface area contributed by atoms with Crippen LogP contribution in [0.4, 0.5) is 0 Å². The van der Waals surface area contributed by atoms with Gasteiger partial charge in [-0.15, -0.1) is 0 Å². The lowest BCUT2D eigenvalue weighted by Crippen LogP contribution is -2.41. The van der Waals surface area contributed by atoms with Gasteiger partial charge in [-0.25, -0.2) is 0 Å². The number of nitrogens with one attached hydrogen (secondary N) is 1. The zero-order valence-electron chi connectivity index (χ0n) is 11.6. The minimum atomic E-state index is 0.0643. The summed E-state index contributed by atoms with van der Waals surface area (Å²) in [5.41, 5.74) is 3.03. The van der Waals surface area contributed by atoms with E-state index in [0.717, 1.165) is 32.2 Å². The molecule has 0 saturated heterocycles. The summed E-state index contributed by atoms with van der Waals surface area (Å²) >= 11 is 0. The van der Waals surface area contributed by atoms with E-state index in [2.05, 4.69) is 43.4 Å². The van der Waals surface area contributed by atoms with Crippen molar-refractivity contribution in [1.29, 1.82) is 0 Å². The van der Waals surface area contributed by atoms with E-state index in [9.17, 15) is 5.11 Å². The van der Waals surface area contributed by atoms with Gasteiger partial charge in [0.25, 0.3) is 0 Å². The summed E-state index contributed by atoms with van der Waals surface area (Å²) in [6.45, 7) is 5.55. The van der Waals surface area contributed by atoms with Gasteiger partial charge in [0, 0.05) is 24.6 Å². The second-order valence-corrected chi connectivity index (χ2v) is 5.62. The van der Waals surface area contributed by atoms with Crippen LogP contribution in [0.5, 0.6) is 0 Å². The average Bonchev–Trinajstić information content (AvgIpc) is 2.84. The molecule has 1 aromatic carbocycles. The molecule has 1 aliphatic rings. The van der Waals surface area contributed by atoms with Crippen LogP contribution in [-0.4, -0.2) is 24.3 Å². The maximum Gasteiger partial charge on any atom is 0.0499 e. The number of rotatable bonds is 6. The Hall–Kier alpha value is -0.860. The summed E-state index contributed by atoms with van der Waals surface area (Å²) in [5.74, 6) is 0. The van der Waals surface area contributed by atoms with E-state index in [0.29, 0.717) is 6.04 Å². The quantitative estimate of drug-likeness (QED) is 0.809. The molecule has 2 rings (SSSR count). The van der Waals surface area contributed by atoms with Crippen LogP contribution < -0.4 is 5.32 Å². The normalized spacial score (nSPS) is 15.9. The third-order valence-electron chi connectivity index (χ3n) is 4.65. The van der Waals surface area contributed by atoms with Crippen molar-refractivity contribution in [3.8, 4) is 0 Å². The molecule has 0 unspecified atom stereocenters. The topological polar surface area (TPSA) is 32.3 Å². The van der Waals surface area contributed by atoms with E-state index in [1.54, 1.807) is 0 Å². The van der Waals surface area contributed by atoms with Gasteiger partial charge in [0.1, 0.15) is 0 Å². The van der Waals surface area contributed by atoms with Gasteiger partial charge in [-0.2, -0.15) is 0 Å². The largest absolute Gasteiger partial charge is 0.396 e. The van der Waals surface area contributed by atoms with Gasteiger partial charge in [-0.1, -0.05) is 38.1 Å². The first-order valence-electron chi connectivity index (χ1n) is 7.14. The Morgan fingerprint density at radius 3 is 2.17 bits per heavy atom. The predicted molar refractivity (Wildman–Crippen MR) is 75.7 cm³/mol. The second-order valence-electron chi connectivity index (χ2n) is 5.62. The SMILES string of the molecule is CCC(CC)(CO)CNC1Cc2ccccc2C1. The third-order valence-corrected chi connectivity index (χ3v) is 4.65. The third kappa shape index (κ3) is 2.76. The minimum absolute atomic E-state index is 0.0643. The Labute approximate surface area is 110 Å². The molecular weight excluding hydrogens is 222 g/mol. The molecule has 0 amide bonds. The molecule has 2 N–H and O–H groups in total. The highest BCUT2D eigenvalue weighted by molar-refractivity contribution is 5.33. The highest BCUT2D eigenvalue weighted by Gasteiger charge is 2.28. The van der Waals surface area contributed by atoms with Gasteiger partial charge in [0.2, 0.25) is 0 Å². The van der Waals surface area contributed by atoms with Crippen molar-refractivity contribution in [2.75, 3.05) is 13.2 Å². The molecule has 1 aliphatic carbocycles. The minimum Gasteiger partial charge on any atom is -0.396 e. The summed E-state index contributed by atoms with van der Waals surface area (Å²) in [4.78, 5) is 0. The highest BCUT2D eigenvalue weighted by atomic mass is 16.3. The van der Waals surface area contributed by atoms with Crippen LogP contribution in [0.2, 0.25) is 0 Å². The summed E-state index contributed by atoms with van der Waals surface area (Å²) < 4.78 is 0. The van der Waals surface area contributed by atoms with Gasteiger partial charge >= 0.3 is 0 Å². The maximum absolute atomic E-state index is 9.58. The van der Waals surface area contributed by atoms with Crippen molar-refractivity contribution in [3.05, 3.63) is 35.4 Å². The lowest BCUT2D eigenvalue weighted by molar-refractivity contribution is 0.110. The molecule has 100 valence electrons. The maximum atomic E-state index is 9.58. The molecule has 0 heterocycles. The van der Waals surface area contributed by atoms with E-state index in [1.807, 2.05) is 0 Å². The van der Waals surface area contributed by atoms with Crippen LogP contribution >= 0.6 is 0 Å². The van der Waals surface area contributed by atoms with E-state index >= 15 is 0 Å². The van der Waals surface area contributed by atoms with E-state index in [4.69, 9.17) is 0 Å². The summed E-state index contributed by atoms with van der Waals surface area (Å²) in [6.07, 6.45) is 4.33. The standard InChI is InChI=1S/C16H25NO/c1-3-16(4-2,12-18)11-17-15-9-13-7-5-6-8-14(13)10-15/h5-8,15,17-18H,3-4,9-12H2,1-2H3.